The lowest BCUT2D eigenvalue weighted by Crippen LogP contribution is -2.51. The molecular formula is C24H25ClN3O3+. The van der Waals surface area contributed by atoms with Gasteiger partial charge in [0.25, 0.3) is 0 Å². The van der Waals surface area contributed by atoms with Crippen LogP contribution in [0.25, 0.3) is 16.9 Å². The molecule has 7 heteroatoms. The zero-order chi connectivity index (χ0) is 22.0. The van der Waals surface area contributed by atoms with E-state index in [2.05, 4.69) is 6.08 Å². The SMILES string of the molecule is COc1ccc(-n2nc([C@@H]3CC=CC[C@H]3[N+](C)(O)C=O)cc2-c2ccc(Cl)cc2)cc1. The molecule has 31 heavy (non-hydrogen) atoms. The van der Waals surface area contributed by atoms with E-state index in [0.717, 1.165) is 28.4 Å². The van der Waals surface area contributed by atoms with Gasteiger partial charge in [0.1, 0.15) is 18.8 Å². The molecule has 1 heterocycles. The van der Waals surface area contributed by atoms with Gasteiger partial charge >= 0.3 is 6.41 Å². The highest BCUT2D eigenvalue weighted by Crippen LogP contribution is 2.36. The second kappa shape index (κ2) is 8.67. The lowest BCUT2D eigenvalue weighted by atomic mass is 9.85. The third-order valence-electron chi connectivity index (χ3n) is 5.85. The van der Waals surface area contributed by atoms with E-state index in [4.69, 9.17) is 21.4 Å². The molecular weight excluding hydrogens is 414 g/mol. The molecule has 1 unspecified atom stereocenters. The molecule has 0 radical (unpaired) electrons. The first-order chi connectivity index (χ1) is 14.9. The molecule has 2 aromatic carbocycles. The van der Waals surface area contributed by atoms with Crippen LogP contribution in [0.5, 0.6) is 5.75 Å². The fourth-order valence-corrected chi connectivity index (χ4v) is 4.23. The van der Waals surface area contributed by atoms with Gasteiger partial charge in [-0.2, -0.15) is 5.10 Å². The number of likely N-dealkylation sites (N-methyl/N-ethyl adjacent to an activating group) is 1. The van der Waals surface area contributed by atoms with Gasteiger partial charge in [0, 0.05) is 17.0 Å². The Labute approximate surface area is 186 Å². The smallest absolute Gasteiger partial charge is 0.333 e. The summed E-state index contributed by atoms with van der Waals surface area (Å²) >= 11 is 6.09. The van der Waals surface area contributed by atoms with Crippen molar-refractivity contribution >= 4 is 18.0 Å². The van der Waals surface area contributed by atoms with E-state index < -0.39 is 4.65 Å². The highest BCUT2D eigenvalue weighted by atomic mass is 35.5. The van der Waals surface area contributed by atoms with Crippen LogP contribution in [-0.2, 0) is 4.79 Å². The predicted molar refractivity (Wildman–Crippen MR) is 119 cm³/mol. The van der Waals surface area contributed by atoms with Gasteiger partial charge in [0.15, 0.2) is 0 Å². The molecule has 3 aromatic rings. The van der Waals surface area contributed by atoms with Gasteiger partial charge in [0.05, 0.1) is 30.1 Å². The Kier molecular flexibility index (Phi) is 5.96. The zero-order valence-corrected chi connectivity index (χ0v) is 18.2. The molecule has 3 atom stereocenters. The maximum Gasteiger partial charge on any atom is 0.333 e. The summed E-state index contributed by atoms with van der Waals surface area (Å²) in [5.74, 6) is 0.664. The fraction of sp³-hybridized carbons (Fsp3) is 0.250. The number of quaternary nitrogens is 1. The van der Waals surface area contributed by atoms with Gasteiger partial charge in [-0.3, -0.25) is 0 Å². The number of methoxy groups -OCH3 is 1. The summed E-state index contributed by atoms with van der Waals surface area (Å²) < 4.78 is 6.47. The fourth-order valence-electron chi connectivity index (χ4n) is 4.10. The van der Waals surface area contributed by atoms with E-state index in [-0.39, 0.29) is 12.0 Å². The molecule has 0 fully saturated rings. The summed E-state index contributed by atoms with van der Waals surface area (Å²) in [7, 11) is 3.15. The lowest BCUT2D eigenvalue weighted by Gasteiger charge is -2.34. The molecule has 1 amide bonds. The molecule has 1 aliphatic rings. The third kappa shape index (κ3) is 4.28. The van der Waals surface area contributed by atoms with Crippen molar-refractivity contribution in [3.05, 3.63) is 77.5 Å². The summed E-state index contributed by atoms with van der Waals surface area (Å²) in [4.78, 5) is 11.6. The second-order valence-corrected chi connectivity index (χ2v) is 8.33. The Hall–Kier alpha value is -2.93. The standard InChI is InChI=1S/C24H25ClN3O3/c1-28(30,16-29)24-6-4-3-5-21(24)22-15-23(17-7-9-18(25)10-8-17)27(26-22)19-11-13-20(31-2)14-12-19/h3-4,7-16,21,24,30H,5-6H2,1-2H3/q+1/t21-,24+,28?/m0/s1. The van der Waals surface area contributed by atoms with E-state index in [0.29, 0.717) is 24.3 Å². The number of rotatable bonds is 6. The average molecular weight is 439 g/mol. The highest BCUT2D eigenvalue weighted by molar-refractivity contribution is 6.30. The van der Waals surface area contributed by atoms with Crippen molar-refractivity contribution in [3.63, 3.8) is 0 Å². The number of amides is 1. The Morgan fingerprint density at radius 3 is 2.45 bits per heavy atom. The van der Waals surface area contributed by atoms with Crippen LogP contribution in [0.2, 0.25) is 5.02 Å². The van der Waals surface area contributed by atoms with Crippen LogP contribution in [0.3, 0.4) is 0 Å². The van der Waals surface area contributed by atoms with Gasteiger partial charge < -0.3 is 4.74 Å². The number of nitrogens with zero attached hydrogens (tertiary/aromatic N) is 3. The third-order valence-corrected chi connectivity index (χ3v) is 6.10. The minimum absolute atomic E-state index is 0.101. The number of hydrogen-bond acceptors (Lipinski definition) is 4. The maximum absolute atomic E-state index is 11.6. The van der Waals surface area contributed by atoms with E-state index in [9.17, 15) is 10.0 Å². The summed E-state index contributed by atoms with van der Waals surface area (Å²) in [6.45, 7) is 0. The maximum atomic E-state index is 11.6. The quantitative estimate of drug-likeness (QED) is 0.193. The van der Waals surface area contributed by atoms with Gasteiger partial charge in [-0.1, -0.05) is 35.9 Å². The van der Waals surface area contributed by atoms with E-state index >= 15 is 0 Å². The molecule has 0 saturated carbocycles. The van der Waals surface area contributed by atoms with Crippen molar-refractivity contribution in [2.24, 2.45) is 0 Å². The molecule has 0 bridgehead atoms. The molecule has 1 aromatic heterocycles. The largest absolute Gasteiger partial charge is 0.497 e. The second-order valence-electron chi connectivity index (χ2n) is 7.89. The van der Waals surface area contributed by atoms with Crippen LogP contribution >= 0.6 is 11.6 Å². The minimum Gasteiger partial charge on any atom is -0.497 e. The first-order valence-corrected chi connectivity index (χ1v) is 10.5. The first-order valence-electron chi connectivity index (χ1n) is 10.1. The number of allylic oxidation sites excluding steroid dienone is 1. The predicted octanol–water partition coefficient (Wildman–Crippen LogP) is 5.00. The van der Waals surface area contributed by atoms with Crippen LogP contribution < -0.4 is 4.74 Å². The zero-order valence-electron chi connectivity index (χ0n) is 17.5. The number of carbonyl (C=O) groups is 1. The number of hydrogen-bond donors (Lipinski definition) is 1. The summed E-state index contributed by atoms with van der Waals surface area (Å²) in [6.07, 6.45) is 5.98. The van der Waals surface area contributed by atoms with Gasteiger partial charge in [-0.15, -0.1) is 4.65 Å². The van der Waals surface area contributed by atoms with Crippen molar-refractivity contribution in [2.45, 2.75) is 24.8 Å². The average Bonchev–Trinajstić information content (AvgIpc) is 3.25. The monoisotopic (exact) mass is 438 g/mol. The number of carbonyl (C=O) groups excluding carboxylic acids is 1. The van der Waals surface area contributed by atoms with E-state index in [1.807, 2.05) is 65.4 Å². The van der Waals surface area contributed by atoms with E-state index in [1.165, 1.54) is 7.05 Å². The molecule has 0 aliphatic heterocycles. The van der Waals surface area contributed by atoms with Crippen molar-refractivity contribution < 1.29 is 19.4 Å². The molecule has 4 rings (SSSR count). The highest BCUT2D eigenvalue weighted by Gasteiger charge is 2.41. The summed E-state index contributed by atoms with van der Waals surface area (Å²) in [5, 5.41) is 16.2. The molecule has 0 saturated heterocycles. The van der Waals surface area contributed by atoms with Crippen LogP contribution in [0, 0.1) is 0 Å². The number of halogens is 1. The molecule has 160 valence electrons. The van der Waals surface area contributed by atoms with Gasteiger partial charge in [-0.05, 0) is 48.9 Å². The number of benzene rings is 2. The van der Waals surface area contributed by atoms with Crippen molar-refractivity contribution in [2.75, 3.05) is 14.2 Å². The Morgan fingerprint density at radius 1 is 1.13 bits per heavy atom. The van der Waals surface area contributed by atoms with Gasteiger partial charge in [-0.25, -0.2) is 14.7 Å². The molecule has 1 N–H and O–H groups in total. The van der Waals surface area contributed by atoms with Crippen molar-refractivity contribution in [1.82, 2.24) is 9.78 Å². The Bertz CT molecular complexity index is 1090. The number of hydroxylamine groups is 3. The van der Waals surface area contributed by atoms with Crippen molar-refractivity contribution in [1.29, 1.82) is 0 Å². The van der Waals surface area contributed by atoms with Crippen LogP contribution in [0.15, 0.2) is 66.7 Å². The first kappa shape index (κ1) is 21.3. The van der Waals surface area contributed by atoms with Crippen LogP contribution in [-0.4, -0.2) is 46.2 Å². The molecule has 0 spiro atoms. The lowest BCUT2D eigenvalue weighted by molar-refractivity contribution is -1.04. The molecule has 6 nitrogen and oxygen atoms in total. The van der Waals surface area contributed by atoms with Gasteiger partial charge in [0.2, 0.25) is 0 Å². The Balaban J connectivity index is 1.83. The molecule has 1 aliphatic carbocycles. The Morgan fingerprint density at radius 2 is 1.81 bits per heavy atom. The normalized spacial score (nSPS) is 20.3. The topological polar surface area (TPSA) is 64.3 Å². The van der Waals surface area contributed by atoms with Crippen LogP contribution in [0.4, 0.5) is 0 Å². The minimum atomic E-state index is -0.694. The summed E-state index contributed by atoms with van der Waals surface area (Å²) in [6, 6.07) is 17.0. The number of aromatic nitrogens is 2. The van der Waals surface area contributed by atoms with E-state index in [1.54, 1.807) is 7.11 Å². The number of ether oxygens (including phenoxy) is 1. The summed E-state index contributed by atoms with van der Waals surface area (Å²) in [5.41, 5.74) is 3.59. The van der Waals surface area contributed by atoms with Crippen molar-refractivity contribution in [3.8, 4) is 22.7 Å². The van der Waals surface area contributed by atoms with Crippen LogP contribution in [0.1, 0.15) is 24.5 Å².